The maximum atomic E-state index is 11.4. The Labute approximate surface area is 88.6 Å². The summed E-state index contributed by atoms with van der Waals surface area (Å²) in [7, 11) is 0. The van der Waals surface area contributed by atoms with Crippen molar-refractivity contribution in [3.63, 3.8) is 0 Å². The van der Waals surface area contributed by atoms with Crippen molar-refractivity contribution in [3.8, 4) is 0 Å². The average Bonchev–Trinajstić information content (AvgIpc) is 2.70. The molecule has 76 valence electrons. The van der Waals surface area contributed by atoms with Gasteiger partial charge < -0.3 is 5.32 Å². The van der Waals surface area contributed by atoms with Gasteiger partial charge in [0.05, 0.1) is 0 Å². The number of nitrogens with one attached hydrogen (secondary N) is 1. The van der Waals surface area contributed by atoms with E-state index in [0.717, 1.165) is 18.5 Å². The summed E-state index contributed by atoms with van der Waals surface area (Å²) >= 11 is 1.54. The number of carbonyl (C=O) groups is 1. The summed E-state index contributed by atoms with van der Waals surface area (Å²) in [5.41, 5.74) is 0.767. The van der Waals surface area contributed by atoms with Gasteiger partial charge in [0.15, 0.2) is 5.78 Å². The molecule has 0 radical (unpaired) electrons. The second kappa shape index (κ2) is 6.38. The molecule has 0 fully saturated rings. The molecule has 1 heterocycles. The van der Waals surface area contributed by atoms with Crippen LogP contribution in [0.15, 0.2) is 29.1 Å². The molecule has 2 nitrogen and oxygen atoms in total. The number of allylic oxidation sites excluding steroid dienone is 1. The van der Waals surface area contributed by atoms with Crippen LogP contribution in [0.3, 0.4) is 0 Å². The van der Waals surface area contributed by atoms with Gasteiger partial charge in [-0.2, -0.15) is 11.3 Å². The molecule has 14 heavy (non-hydrogen) atoms. The van der Waals surface area contributed by atoms with Crippen LogP contribution < -0.4 is 5.32 Å². The van der Waals surface area contributed by atoms with Crippen LogP contribution in [0.25, 0.3) is 0 Å². The maximum Gasteiger partial charge on any atom is 0.188 e. The lowest BCUT2D eigenvalue weighted by molar-refractivity contribution is 0.104. The van der Waals surface area contributed by atoms with E-state index < -0.39 is 0 Å². The van der Waals surface area contributed by atoms with Gasteiger partial charge in [-0.05, 0) is 17.9 Å². The van der Waals surface area contributed by atoms with Gasteiger partial charge in [0.2, 0.25) is 0 Å². The number of hydrogen-bond donors (Lipinski definition) is 1. The van der Waals surface area contributed by atoms with Crippen LogP contribution in [0.1, 0.15) is 30.1 Å². The molecule has 0 aliphatic rings. The van der Waals surface area contributed by atoms with Gasteiger partial charge in [-0.3, -0.25) is 4.79 Å². The zero-order chi connectivity index (χ0) is 10.2. The third kappa shape index (κ3) is 3.75. The first-order valence-electron chi connectivity index (χ1n) is 4.81. The van der Waals surface area contributed by atoms with Crippen LogP contribution in [0.5, 0.6) is 0 Å². The topological polar surface area (TPSA) is 29.1 Å². The third-order valence-electron chi connectivity index (χ3n) is 1.83. The SMILES string of the molecule is CCCCN/C=C\C(=O)c1ccsc1. The first-order chi connectivity index (χ1) is 6.84. The molecule has 0 saturated carbocycles. The average molecular weight is 209 g/mol. The van der Waals surface area contributed by atoms with Crippen molar-refractivity contribution in [1.82, 2.24) is 5.32 Å². The van der Waals surface area contributed by atoms with Crippen molar-refractivity contribution >= 4 is 17.1 Å². The number of thiophene rings is 1. The van der Waals surface area contributed by atoms with Crippen molar-refractivity contribution in [1.29, 1.82) is 0 Å². The molecule has 0 amide bonds. The van der Waals surface area contributed by atoms with E-state index in [4.69, 9.17) is 0 Å². The fraction of sp³-hybridized carbons (Fsp3) is 0.364. The summed E-state index contributed by atoms with van der Waals surface area (Å²) in [5, 5.41) is 6.85. The van der Waals surface area contributed by atoms with Crippen LogP contribution in [0.4, 0.5) is 0 Å². The minimum Gasteiger partial charge on any atom is -0.391 e. The summed E-state index contributed by atoms with van der Waals surface area (Å²) in [6.07, 6.45) is 5.61. The predicted molar refractivity (Wildman–Crippen MR) is 60.7 cm³/mol. The summed E-state index contributed by atoms with van der Waals surface area (Å²) in [4.78, 5) is 11.4. The molecule has 0 saturated heterocycles. The number of hydrogen-bond acceptors (Lipinski definition) is 3. The first kappa shape index (κ1) is 11.0. The Bertz CT molecular complexity index is 290. The van der Waals surface area contributed by atoms with E-state index >= 15 is 0 Å². The summed E-state index contributed by atoms with van der Waals surface area (Å²) in [5.74, 6) is 0.0650. The number of carbonyl (C=O) groups excluding carboxylic acids is 1. The number of unbranched alkanes of at least 4 members (excludes halogenated alkanes) is 1. The van der Waals surface area contributed by atoms with Crippen LogP contribution in [-0.4, -0.2) is 12.3 Å². The van der Waals surface area contributed by atoms with Crippen LogP contribution in [-0.2, 0) is 0 Å². The van der Waals surface area contributed by atoms with Crippen LogP contribution >= 0.6 is 11.3 Å². The first-order valence-corrected chi connectivity index (χ1v) is 5.75. The van der Waals surface area contributed by atoms with Gasteiger partial charge in [0.1, 0.15) is 0 Å². The highest BCUT2D eigenvalue weighted by atomic mass is 32.1. The Hall–Kier alpha value is -1.09. The molecule has 0 spiro atoms. The van der Waals surface area contributed by atoms with Gasteiger partial charge in [0.25, 0.3) is 0 Å². The Morgan fingerprint density at radius 2 is 2.50 bits per heavy atom. The normalized spacial score (nSPS) is 10.6. The highest BCUT2D eigenvalue weighted by molar-refractivity contribution is 7.08. The quantitative estimate of drug-likeness (QED) is 0.443. The lowest BCUT2D eigenvalue weighted by atomic mass is 10.2. The van der Waals surface area contributed by atoms with Crippen LogP contribution in [0, 0.1) is 0 Å². The molecule has 0 aliphatic heterocycles. The lowest BCUT2D eigenvalue weighted by Gasteiger charge is -1.96. The Morgan fingerprint density at radius 3 is 3.14 bits per heavy atom. The summed E-state index contributed by atoms with van der Waals surface area (Å²) in [6, 6.07) is 1.84. The van der Waals surface area contributed by atoms with E-state index in [1.54, 1.807) is 23.6 Å². The van der Waals surface area contributed by atoms with Gasteiger partial charge in [-0.25, -0.2) is 0 Å². The molecular formula is C11H15NOS. The molecule has 1 aromatic rings. The van der Waals surface area contributed by atoms with Gasteiger partial charge >= 0.3 is 0 Å². The van der Waals surface area contributed by atoms with Crippen molar-refractivity contribution in [2.45, 2.75) is 19.8 Å². The highest BCUT2D eigenvalue weighted by Crippen LogP contribution is 2.06. The Kier molecular flexibility index (Phi) is 5.00. The standard InChI is InChI=1S/C11H15NOS/c1-2-3-6-12-7-4-11(13)10-5-8-14-9-10/h4-5,7-9,12H,2-3,6H2,1H3/b7-4-. The van der Waals surface area contributed by atoms with E-state index in [1.165, 1.54) is 6.42 Å². The van der Waals surface area contributed by atoms with Crippen molar-refractivity contribution in [2.75, 3.05) is 6.54 Å². The summed E-state index contributed by atoms with van der Waals surface area (Å²) < 4.78 is 0. The second-order valence-corrected chi connectivity index (χ2v) is 3.80. The third-order valence-corrected chi connectivity index (χ3v) is 2.52. The zero-order valence-corrected chi connectivity index (χ0v) is 9.14. The highest BCUT2D eigenvalue weighted by Gasteiger charge is 1.99. The minimum atomic E-state index is 0.0650. The smallest absolute Gasteiger partial charge is 0.188 e. The van der Waals surface area contributed by atoms with Crippen molar-refractivity contribution < 1.29 is 4.79 Å². The monoisotopic (exact) mass is 209 g/mol. The maximum absolute atomic E-state index is 11.4. The van der Waals surface area contributed by atoms with E-state index in [9.17, 15) is 4.79 Å². The van der Waals surface area contributed by atoms with E-state index in [-0.39, 0.29) is 5.78 Å². The Morgan fingerprint density at radius 1 is 1.64 bits per heavy atom. The van der Waals surface area contributed by atoms with E-state index in [2.05, 4.69) is 12.2 Å². The molecule has 0 aliphatic carbocycles. The van der Waals surface area contributed by atoms with Crippen molar-refractivity contribution in [3.05, 3.63) is 34.7 Å². The molecule has 0 unspecified atom stereocenters. The van der Waals surface area contributed by atoms with Crippen LogP contribution in [0.2, 0.25) is 0 Å². The molecule has 3 heteroatoms. The fourth-order valence-electron chi connectivity index (χ4n) is 0.998. The molecule has 1 N–H and O–H groups in total. The molecule has 1 aromatic heterocycles. The Balaban J connectivity index is 2.27. The zero-order valence-electron chi connectivity index (χ0n) is 8.32. The van der Waals surface area contributed by atoms with Gasteiger partial charge in [-0.1, -0.05) is 13.3 Å². The van der Waals surface area contributed by atoms with E-state index in [1.807, 2.05) is 16.8 Å². The fourth-order valence-corrected chi connectivity index (χ4v) is 1.64. The minimum absolute atomic E-state index is 0.0650. The predicted octanol–water partition coefficient (Wildman–Crippen LogP) is 2.83. The molecule has 0 bridgehead atoms. The lowest BCUT2D eigenvalue weighted by Crippen LogP contribution is -2.07. The van der Waals surface area contributed by atoms with Gasteiger partial charge in [-0.15, -0.1) is 0 Å². The second-order valence-electron chi connectivity index (χ2n) is 3.02. The van der Waals surface area contributed by atoms with E-state index in [0.29, 0.717) is 0 Å². The summed E-state index contributed by atoms with van der Waals surface area (Å²) in [6.45, 7) is 3.08. The molecule has 0 atom stereocenters. The van der Waals surface area contributed by atoms with Gasteiger partial charge in [0, 0.05) is 29.8 Å². The molecular weight excluding hydrogens is 194 g/mol. The largest absolute Gasteiger partial charge is 0.391 e. The molecule has 0 aromatic carbocycles. The number of ketones is 1. The molecule has 1 rings (SSSR count). The number of rotatable bonds is 6. The van der Waals surface area contributed by atoms with Crippen molar-refractivity contribution in [2.24, 2.45) is 0 Å².